The maximum atomic E-state index is 12.8. The van der Waals surface area contributed by atoms with Gasteiger partial charge in [-0.15, -0.1) is 11.8 Å². The quantitative estimate of drug-likeness (QED) is 0.560. The molecule has 32 heavy (non-hydrogen) atoms. The molecule has 1 aliphatic heterocycles. The standard InChI is InChI=1S/C24H24N4O3S/c1-25-23(29)22-14-20(9-11-26-22)31-19-6-3-16-10-12-28(15-17(16)13-19)24(30)27-18-4-7-21(32-2)8-5-18/h3-9,11,13-14H,10,12,15H2,1-2H3,(H,25,29)(H,27,30). The van der Waals surface area contributed by atoms with E-state index in [2.05, 4.69) is 15.6 Å². The second-order valence-corrected chi connectivity index (χ2v) is 8.20. The van der Waals surface area contributed by atoms with Crippen LogP contribution in [-0.4, -0.2) is 41.7 Å². The molecule has 0 saturated heterocycles. The van der Waals surface area contributed by atoms with Gasteiger partial charge in [0.05, 0.1) is 0 Å². The normalized spacial score (nSPS) is 12.6. The molecule has 2 heterocycles. The first-order valence-corrected chi connectivity index (χ1v) is 11.5. The predicted octanol–water partition coefficient (Wildman–Crippen LogP) is 4.55. The lowest BCUT2D eigenvalue weighted by molar-refractivity contribution is 0.0958. The number of carbonyl (C=O) groups excluding carboxylic acids is 2. The van der Waals surface area contributed by atoms with E-state index in [-0.39, 0.29) is 17.6 Å². The second-order valence-electron chi connectivity index (χ2n) is 7.32. The molecule has 8 heteroatoms. The molecule has 2 N–H and O–H groups in total. The summed E-state index contributed by atoms with van der Waals surface area (Å²) in [5.74, 6) is 0.899. The highest BCUT2D eigenvalue weighted by atomic mass is 32.2. The third-order valence-corrected chi connectivity index (χ3v) is 5.99. The van der Waals surface area contributed by atoms with Crippen LogP contribution in [0.3, 0.4) is 0 Å². The van der Waals surface area contributed by atoms with Gasteiger partial charge < -0.3 is 20.3 Å². The number of benzene rings is 2. The van der Waals surface area contributed by atoms with E-state index in [1.807, 2.05) is 48.7 Å². The molecule has 0 radical (unpaired) electrons. The van der Waals surface area contributed by atoms with Crippen molar-refractivity contribution < 1.29 is 14.3 Å². The molecule has 3 aromatic rings. The Morgan fingerprint density at radius 2 is 1.81 bits per heavy atom. The molecule has 0 fully saturated rings. The lowest BCUT2D eigenvalue weighted by atomic mass is 10.00. The predicted molar refractivity (Wildman–Crippen MR) is 125 cm³/mol. The smallest absolute Gasteiger partial charge is 0.322 e. The fourth-order valence-electron chi connectivity index (χ4n) is 3.51. The van der Waals surface area contributed by atoms with Crippen molar-refractivity contribution in [2.24, 2.45) is 0 Å². The molecule has 164 valence electrons. The molecule has 2 aromatic carbocycles. The highest BCUT2D eigenvalue weighted by molar-refractivity contribution is 7.98. The van der Waals surface area contributed by atoms with Crippen LogP contribution in [0.1, 0.15) is 21.6 Å². The number of nitrogens with one attached hydrogen (secondary N) is 2. The number of hydrogen-bond acceptors (Lipinski definition) is 5. The molecule has 0 bridgehead atoms. The maximum Gasteiger partial charge on any atom is 0.322 e. The largest absolute Gasteiger partial charge is 0.457 e. The second kappa shape index (κ2) is 9.74. The Kier molecular flexibility index (Phi) is 6.61. The van der Waals surface area contributed by atoms with E-state index in [1.54, 1.807) is 35.8 Å². The minimum atomic E-state index is -0.273. The van der Waals surface area contributed by atoms with E-state index in [4.69, 9.17) is 4.74 Å². The molecule has 1 aromatic heterocycles. The van der Waals surface area contributed by atoms with E-state index in [0.717, 1.165) is 22.6 Å². The number of urea groups is 1. The Balaban J connectivity index is 1.44. The van der Waals surface area contributed by atoms with Gasteiger partial charge in [-0.3, -0.25) is 9.78 Å². The Morgan fingerprint density at radius 3 is 2.56 bits per heavy atom. The number of aromatic nitrogens is 1. The summed E-state index contributed by atoms with van der Waals surface area (Å²) >= 11 is 1.66. The van der Waals surface area contributed by atoms with Gasteiger partial charge >= 0.3 is 6.03 Å². The summed E-state index contributed by atoms with van der Waals surface area (Å²) < 4.78 is 5.95. The fourth-order valence-corrected chi connectivity index (χ4v) is 3.92. The van der Waals surface area contributed by atoms with Crippen LogP contribution in [0.15, 0.2) is 65.7 Å². The van der Waals surface area contributed by atoms with Crippen molar-refractivity contribution in [2.75, 3.05) is 25.2 Å². The molecule has 0 atom stereocenters. The minimum absolute atomic E-state index is 0.122. The number of ether oxygens (including phenoxy) is 1. The molecule has 1 aliphatic rings. The van der Waals surface area contributed by atoms with Gasteiger partial charge in [0.1, 0.15) is 17.2 Å². The number of anilines is 1. The molecular weight excluding hydrogens is 424 g/mol. The number of rotatable bonds is 5. The SMILES string of the molecule is CNC(=O)c1cc(Oc2ccc3c(c2)CN(C(=O)Nc2ccc(SC)cc2)CC3)ccn1. The lowest BCUT2D eigenvalue weighted by Gasteiger charge is -2.29. The highest BCUT2D eigenvalue weighted by Crippen LogP contribution is 2.28. The van der Waals surface area contributed by atoms with Gasteiger partial charge in [0.15, 0.2) is 0 Å². The molecule has 0 spiro atoms. The number of amides is 3. The molecule has 0 saturated carbocycles. The number of fused-ring (bicyclic) bond motifs is 1. The van der Waals surface area contributed by atoms with Crippen LogP contribution in [0.4, 0.5) is 10.5 Å². The summed E-state index contributed by atoms with van der Waals surface area (Å²) in [5.41, 5.74) is 3.31. The van der Waals surface area contributed by atoms with Crippen LogP contribution in [0.2, 0.25) is 0 Å². The van der Waals surface area contributed by atoms with E-state index in [1.165, 1.54) is 11.8 Å². The van der Waals surface area contributed by atoms with Crippen LogP contribution in [0, 0.1) is 0 Å². The zero-order valence-corrected chi connectivity index (χ0v) is 18.7. The first-order chi connectivity index (χ1) is 15.6. The summed E-state index contributed by atoms with van der Waals surface area (Å²) in [5, 5.41) is 5.52. The van der Waals surface area contributed by atoms with Gasteiger partial charge in [-0.25, -0.2) is 4.79 Å². The molecule has 0 aliphatic carbocycles. The van der Waals surface area contributed by atoms with Gasteiger partial charge in [-0.1, -0.05) is 6.07 Å². The Labute approximate surface area is 191 Å². The van der Waals surface area contributed by atoms with E-state index >= 15 is 0 Å². The molecule has 4 rings (SSSR count). The van der Waals surface area contributed by atoms with Crippen LogP contribution in [0.25, 0.3) is 0 Å². The molecule has 0 unspecified atom stereocenters. The van der Waals surface area contributed by atoms with E-state index < -0.39 is 0 Å². The van der Waals surface area contributed by atoms with Gasteiger partial charge in [0.25, 0.3) is 5.91 Å². The van der Waals surface area contributed by atoms with Crippen molar-refractivity contribution in [3.63, 3.8) is 0 Å². The third kappa shape index (κ3) is 5.03. The van der Waals surface area contributed by atoms with Crippen molar-refractivity contribution in [3.05, 3.63) is 77.6 Å². The average Bonchev–Trinajstić information content (AvgIpc) is 2.83. The monoisotopic (exact) mass is 448 g/mol. The Morgan fingerprint density at radius 1 is 1.03 bits per heavy atom. The van der Waals surface area contributed by atoms with Crippen LogP contribution < -0.4 is 15.4 Å². The highest BCUT2D eigenvalue weighted by Gasteiger charge is 2.21. The van der Waals surface area contributed by atoms with E-state index in [9.17, 15) is 9.59 Å². The number of hydrogen-bond donors (Lipinski definition) is 2. The third-order valence-electron chi connectivity index (χ3n) is 5.25. The van der Waals surface area contributed by atoms with Gasteiger partial charge in [-0.05, 0) is 66.3 Å². The number of carbonyl (C=O) groups is 2. The summed E-state index contributed by atoms with van der Waals surface area (Å²) in [7, 11) is 1.56. The van der Waals surface area contributed by atoms with Crippen molar-refractivity contribution in [1.29, 1.82) is 0 Å². The average molecular weight is 449 g/mol. The van der Waals surface area contributed by atoms with Crippen LogP contribution >= 0.6 is 11.8 Å². The molecule has 7 nitrogen and oxygen atoms in total. The minimum Gasteiger partial charge on any atom is -0.457 e. The fraction of sp³-hybridized carbons (Fsp3) is 0.208. The Bertz CT molecular complexity index is 1130. The van der Waals surface area contributed by atoms with Crippen LogP contribution in [-0.2, 0) is 13.0 Å². The number of nitrogens with zero attached hydrogens (tertiary/aromatic N) is 2. The zero-order valence-electron chi connectivity index (χ0n) is 17.9. The van der Waals surface area contributed by atoms with E-state index in [0.29, 0.717) is 24.6 Å². The van der Waals surface area contributed by atoms with Crippen molar-refractivity contribution in [2.45, 2.75) is 17.9 Å². The summed E-state index contributed by atoms with van der Waals surface area (Å²) in [6, 6.07) is 16.9. The molecule has 3 amide bonds. The van der Waals surface area contributed by atoms with Gasteiger partial charge in [0.2, 0.25) is 0 Å². The maximum absolute atomic E-state index is 12.8. The first-order valence-electron chi connectivity index (χ1n) is 10.2. The van der Waals surface area contributed by atoms with Crippen molar-refractivity contribution >= 4 is 29.4 Å². The van der Waals surface area contributed by atoms with Crippen molar-refractivity contribution in [3.8, 4) is 11.5 Å². The van der Waals surface area contributed by atoms with Gasteiger partial charge in [0, 0.05) is 43.0 Å². The summed E-state index contributed by atoms with van der Waals surface area (Å²) in [4.78, 5) is 31.6. The first kappa shape index (κ1) is 21.7. The number of pyridine rings is 1. The number of thioether (sulfide) groups is 1. The lowest BCUT2D eigenvalue weighted by Crippen LogP contribution is -2.38. The summed E-state index contributed by atoms with van der Waals surface area (Å²) in [6.07, 6.45) is 4.34. The van der Waals surface area contributed by atoms with Crippen LogP contribution in [0.5, 0.6) is 11.5 Å². The summed E-state index contributed by atoms with van der Waals surface area (Å²) in [6.45, 7) is 1.16. The zero-order chi connectivity index (χ0) is 22.5. The van der Waals surface area contributed by atoms with Crippen molar-refractivity contribution in [1.82, 2.24) is 15.2 Å². The topological polar surface area (TPSA) is 83.6 Å². The Hall–Kier alpha value is -3.52. The molecular formula is C24H24N4O3S. The van der Waals surface area contributed by atoms with Gasteiger partial charge in [-0.2, -0.15) is 0 Å².